The number of methoxy groups -OCH3 is 1. The first-order valence-corrected chi connectivity index (χ1v) is 11.0. The number of fused-ring (bicyclic) bond motifs is 1. The molecular weight excluding hydrogens is 442 g/mol. The van der Waals surface area contributed by atoms with Crippen molar-refractivity contribution in [3.05, 3.63) is 24.2 Å². The predicted octanol–water partition coefficient (Wildman–Crippen LogP) is 1.96. The molecule has 178 valence electrons. The average molecular weight is 467 g/mol. The van der Waals surface area contributed by atoms with E-state index in [2.05, 4.69) is 28.4 Å². The van der Waals surface area contributed by atoms with E-state index in [1.54, 1.807) is 25.4 Å². The van der Waals surface area contributed by atoms with Gasteiger partial charge in [0.25, 0.3) is 5.88 Å². The van der Waals surface area contributed by atoms with Crippen molar-refractivity contribution in [3.63, 3.8) is 0 Å². The van der Waals surface area contributed by atoms with Crippen molar-refractivity contribution in [2.24, 2.45) is 5.92 Å². The molecule has 5 rings (SSSR count). The van der Waals surface area contributed by atoms with Crippen LogP contribution in [0.25, 0.3) is 11.0 Å². The number of ether oxygens (including phenoxy) is 4. The van der Waals surface area contributed by atoms with Crippen LogP contribution in [0.1, 0.15) is 31.6 Å². The molecule has 0 saturated carbocycles. The lowest BCUT2D eigenvalue weighted by Gasteiger charge is -2.26. The molecule has 12 heteroatoms. The Morgan fingerprint density at radius 3 is 2.76 bits per heavy atom. The van der Waals surface area contributed by atoms with Gasteiger partial charge in [-0.2, -0.15) is 10.2 Å². The van der Waals surface area contributed by atoms with Gasteiger partial charge < -0.3 is 28.8 Å². The molecule has 3 aromatic rings. The van der Waals surface area contributed by atoms with Crippen molar-refractivity contribution in [1.82, 2.24) is 24.3 Å². The number of esters is 1. The summed E-state index contributed by atoms with van der Waals surface area (Å²) in [5.74, 6) is 0.429. The van der Waals surface area contributed by atoms with Gasteiger partial charge in [-0.1, -0.05) is 6.92 Å². The highest BCUT2D eigenvalue weighted by Crippen LogP contribution is 2.33. The van der Waals surface area contributed by atoms with Crippen molar-refractivity contribution < 1.29 is 23.7 Å². The third kappa shape index (κ3) is 3.93. The number of nitrogens with one attached hydrogen (secondary N) is 1. The first-order valence-electron chi connectivity index (χ1n) is 11.0. The summed E-state index contributed by atoms with van der Waals surface area (Å²) in [6.07, 6.45) is 3.20. The average Bonchev–Trinajstić information content (AvgIpc) is 3.51. The summed E-state index contributed by atoms with van der Waals surface area (Å²) in [5.41, 5.74) is 1.65. The lowest BCUT2D eigenvalue weighted by molar-refractivity contribution is -0.144. The number of rotatable bonds is 7. The Morgan fingerprint density at radius 2 is 2.12 bits per heavy atom. The van der Waals surface area contributed by atoms with E-state index in [1.807, 2.05) is 4.57 Å². The Morgan fingerprint density at radius 1 is 1.32 bits per heavy atom. The van der Waals surface area contributed by atoms with E-state index in [1.165, 1.54) is 11.8 Å². The molecule has 1 unspecified atom stereocenters. The van der Waals surface area contributed by atoms with E-state index in [-0.39, 0.29) is 18.1 Å². The third-order valence-electron chi connectivity index (χ3n) is 6.12. The van der Waals surface area contributed by atoms with Crippen molar-refractivity contribution >= 4 is 28.6 Å². The smallest absolute Gasteiger partial charge is 0.330 e. The third-order valence-corrected chi connectivity index (χ3v) is 6.12. The zero-order chi connectivity index (χ0) is 23.8. The van der Waals surface area contributed by atoms with E-state index in [4.69, 9.17) is 23.9 Å². The van der Waals surface area contributed by atoms with Crippen LogP contribution in [0.15, 0.2) is 18.5 Å². The molecule has 12 nitrogen and oxygen atoms in total. The van der Waals surface area contributed by atoms with Gasteiger partial charge in [0.1, 0.15) is 35.2 Å². The zero-order valence-electron chi connectivity index (χ0n) is 19.1. The quantitative estimate of drug-likeness (QED) is 0.513. The SMILES string of the molecule is COC(=O)C(C)n1cc(Nc2ncc3cc(C#N)n([C@H]4COC[C@@H]4C)c3n2)c(OC2COC2)n1. The van der Waals surface area contributed by atoms with Crippen LogP contribution in [0.2, 0.25) is 0 Å². The molecule has 0 bridgehead atoms. The topological polar surface area (TPSA) is 138 Å². The second kappa shape index (κ2) is 8.92. The van der Waals surface area contributed by atoms with Crippen LogP contribution in [0.4, 0.5) is 11.6 Å². The summed E-state index contributed by atoms with van der Waals surface area (Å²) in [5, 5.41) is 18.0. The minimum absolute atomic E-state index is 0.0102. The molecule has 2 aliphatic rings. The molecule has 2 saturated heterocycles. The van der Waals surface area contributed by atoms with E-state index < -0.39 is 12.0 Å². The van der Waals surface area contributed by atoms with E-state index in [9.17, 15) is 10.1 Å². The van der Waals surface area contributed by atoms with Gasteiger partial charge in [0.2, 0.25) is 5.95 Å². The fraction of sp³-hybridized carbons (Fsp3) is 0.500. The van der Waals surface area contributed by atoms with Crippen LogP contribution < -0.4 is 10.1 Å². The standard InChI is InChI=1S/C22H25N7O5/c1-12-8-32-11-18(12)29-15(5-23)4-14-6-24-22(26-19(14)29)25-17-7-28(13(2)21(30)31-3)27-20(17)34-16-9-33-10-16/h4,6-7,12-13,16,18H,8-11H2,1-3H3,(H,24,25,26)/t12-,13?,18-/m0/s1. The molecular formula is C22H25N7O5. The summed E-state index contributed by atoms with van der Waals surface area (Å²) in [4.78, 5) is 21.1. The highest BCUT2D eigenvalue weighted by molar-refractivity contribution is 5.80. The van der Waals surface area contributed by atoms with E-state index >= 15 is 0 Å². The summed E-state index contributed by atoms with van der Waals surface area (Å²) < 4.78 is 25.0. The van der Waals surface area contributed by atoms with Crippen molar-refractivity contribution in [2.45, 2.75) is 32.0 Å². The summed E-state index contributed by atoms with van der Waals surface area (Å²) in [6.45, 7) is 5.86. The molecule has 2 fully saturated rings. The highest BCUT2D eigenvalue weighted by atomic mass is 16.6. The molecule has 0 aliphatic carbocycles. The normalized spacial score (nSPS) is 21.1. The molecule has 3 aromatic heterocycles. The summed E-state index contributed by atoms with van der Waals surface area (Å²) >= 11 is 0. The lowest BCUT2D eigenvalue weighted by Crippen LogP contribution is -2.38. The maximum absolute atomic E-state index is 12.0. The maximum atomic E-state index is 12.0. The van der Waals surface area contributed by atoms with Crippen molar-refractivity contribution in [3.8, 4) is 11.9 Å². The van der Waals surface area contributed by atoms with Crippen molar-refractivity contribution in [2.75, 3.05) is 38.9 Å². The molecule has 0 radical (unpaired) electrons. The van der Waals surface area contributed by atoms with E-state index in [0.717, 1.165) is 5.39 Å². The summed E-state index contributed by atoms with van der Waals surface area (Å²) in [6, 6.07) is 3.40. The van der Waals surface area contributed by atoms with Gasteiger partial charge in [0.05, 0.1) is 45.8 Å². The fourth-order valence-electron chi connectivity index (χ4n) is 4.05. The molecule has 3 atom stereocenters. The van der Waals surface area contributed by atoms with Gasteiger partial charge in [-0.15, -0.1) is 5.10 Å². The number of carbonyl (C=O) groups is 1. The Kier molecular flexibility index (Phi) is 5.80. The van der Waals surface area contributed by atoms with Crippen LogP contribution in [0.5, 0.6) is 5.88 Å². The number of nitrogens with zero attached hydrogens (tertiary/aromatic N) is 6. The van der Waals surface area contributed by atoms with Crippen LogP contribution in [-0.2, 0) is 19.0 Å². The van der Waals surface area contributed by atoms with Gasteiger partial charge in [-0.05, 0) is 13.0 Å². The second-order valence-electron chi connectivity index (χ2n) is 8.50. The highest BCUT2D eigenvalue weighted by Gasteiger charge is 2.30. The molecule has 1 N–H and O–H groups in total. The van der Waals surface area contributed by atoms with Gasteiger partial charge in [0.15, 0.2) is 0 Å². The Labute approximate surface area is 195 Å². The number of hydrogen-bond donors (Lipinski definition) is 1. The van der Waals surface area contributed by atoms with Crippen LogP contribution >= 0.6 is 0 Å². The number of hydrogen-bond acceptors (Lipinski definition) is 10. The first kappa shape index (κ1) is 22.1. The number of carbonyl (C=O) groups excluding carboxylic acids is 1. The van der Waals surface area contributed by atoms with Crippen LogP contribution in [-0.4, -0.2) is 69.9 Å². The maximum Gasteiger partial charge on any atom is 0.330 e. The van der Waals surface area contributed by atoms with Crippen LogP contribution in [0, 0.1) is 17.2 Å². The predicted molar refractivity (Wildman–Crippen MR) is 119 cm³/mol. The first-order chi connectivity index (χ1) is 16.5. The molecule has 0 amide bonds. The molecule has 34 heavy (non-hydrogen) atoms. The number of aromatic nitrogens is 5. The number of nitriles is 1. The van der Waals surface area contributed by atoms with Gasteiger partial charge in [-0.25, -0.2) is 9.78 Å². The van der Waals surface area contributed by atoms with Gasteiger partial charge >= 0.3 is 5.97 Å². The monoisotopic (exact) mass is 467 g/mol. The zero-order valence-corrected chi connectivity index (χ0v) is 19.1. The van der Waals surface area contributed by atoms with Crippen LogP contribution in [0.3, 0.4) is 0 Å². The molecule has 2 aliphatic heterocycles. The lowest BCUT2D eigenvalue weighted by atomic mass is 10.1. The Hall–Kier alpha value is -3.69. The molecule has 0 aromatic carbocycles. The molecule has 5 heterocycles. The van der Waals surface area contributed by atoms with E-state index in [0.29, 0.717) is 55.3 Å². The fourth-order valence-corrected chi connectivity index (χ4v) is 4.05. The minimum Gasteiger partial charge on any atom is -0.467 e. The largest absolute Gasteiger partial charge is 0.467 e. The minimum atomic E-state index is -0.650. The van der Waals surface area contributed by atoms with Gasteiger partial charge in [-0.3, -0.25) is 4.68 Å². The molecule has 0 spiro atoms. The Balaban J connectivity index is 1.50. The number of anilines is 2. The van der Waals surface area contributed by atoms with Crippen molar-refractivity contribution in [1.29, 1.82) is 5.26 Å². The second-order valence-corrected chi connectivity index (χ2v) is 8.50. The summed E-state index contributed by atoms with van der Waals surface area (Å²) in [7, 11) is 1.33. The van der Waals surface area contributed by atoms with Gasteiger partial charge in [0, 0.05) is 17.5 Å². The Bertz CT molecular complexity index is 1260.